The third-order valence-electron chi connectivity index (χ3n) is 1.03. The Kier molecular flexibility index (Phi) is 5.22. The molecule has 1 aromatic rings. The van der Waals surface area contributed by atoms with E-state index in [0.717, 1.165) is 6.54 Å². The largest absolute Gasteiger partial charge is 0.186 e. The van der Waals surface area contributed by atoms with Gasteiger partial charge in [0.15, 0.2) is 12.7 Å². The maximum atomic E-state index is 2.20. The summed E-state index contributed by atoms with van der Waals surface area (Å²) >= 11 is 1.77. The SMILES string of the molecule is CC.CC[n+]1cc(C)cs1. The number of nitrogens with zero attached hydrogens (tertiary/aromatic N) is 1. The fourth-order valence-corrected chi connectivity index (χ4v) is 1.34. The maximum absolute atomic E-state index is 2.20. The Morgan fingerprint density at radius 3 is 2.30 bits per heavy atom. The molecular weight excluding hydrogens is 142 g/mol. The van der Waals surface area contributed by atoms with Crippen LogP contribution in [-0.4, -0.2) is 0 Å². The zero-order chi connectivity index (χ0) is 7.98. The topological polar surface area (TPSA) is 3.88 Å². The lowest BCUT2D eigenvalue weighted by molar-refractivity contribution is -0.625. The molecule has 0 saturated carbocycles. The normalized spacial score (nSPS) is 8.40. The molecular formula is C8H16NS+. The highest BCUT2D eigenvalue weighted by Crippen LogP contribution is 1.95. The Bertz CT molecular complexity index is 170. The van der Waals surface area contributed by atoms with Crippen LogP contribution in [0.25, 0.3) is 0 Å². The monoisotopic (exact) mass is 158 g/mol. The lowest BCUT2D eigenvalue weighted by Gasteiger charge is -1.74. The third-order valence-corrected chi connectivity index (χ3v) is 2.14. The van der Waals surface area contributed by atoms with Gasteiger partial charge in [0.2, 0.25) is 0 Å². The van der Waals surface area contributed by atoms with E-state index in [4.69, 9.17) is 0 Å². The van der Waals surface area contributed by atoms with Gasteiger partial charge in [-0.2, -0.15) is 0 Å². The average Bonchev–Trinajstić information content (AvgIpc) is 2.40. The molecule has 0 N–H and O–H groups in total. The Balaban J connectivity index is 0.000000371. The first-order valence-electron chi connectivity index (χ1n) is 3.78. The molecule has 0 saturated heterocycles. The molecule has 0 radical (unpaired) electrons. The van der Waals surface area contributed by atoms with Gasteiger partial charge in [0.05, 0.1) is 5.38 Å². The zero-order valence-electron chi connectivity index (χ0n) is 7.22. The van der Waals surface area contributed by atoms with Crippen molar-refractivity contribution in [3.8, 4) is 0 Å². The van der Waals surface area contributed by atoms with Crippen LogP contribution in [0.4, 0.5) is 0 Å². The highest BCUT2D eigenvalue weighted by Gasteiger charge is 1.97. The first kappa shape index (κ1) is 9.63. The predicted octanol–water partition coefficient (Wildman–Crippen LogP) is 2.39. The van der Waals surface area contributed by atoms with Gasteiger partial charge in [-0.05, 0) is 13.8 Å². The van der Waals surface area contributed by atoms with Crippen molar-refractivity contribution in [1.29, 1.82) is 0 Å². The second kappa shape index (κ2) is 5.42. The number of rotatable bonds is 1. The smallest absolute Gasteiger partial charge is 0.141 e. The number of aryl methyl sites for hydroxylation is 2. The van der Waals surface area contributed by atoms with Crippen LogP contribution >= 0.6 is 11.5 Å². The van der Waals surface area contributed by atoms with Gasteiger partial charge in [-0.15, -0.1) is 3.96 Å². The lowest BCUT2D eigenvalue weighted by Crippen LogP contribution is -2.24. The Morgan fingerprint density at radius 1 is 1.50 bits per heavy atom. The molecule has 0 spiro atoms. The fraction of sp³-hybridized carbons (Fsp3) is 0.625. The van der Waals surface area contributed by atoms with Crippen molar-refractivity contribution in [3.05, 3.63) is 17.1 Å². The molecule has 0 fully saturated rings. The van der Waals surface area contributed by atoms with Gasteiger partial charge in [-0.25, -0.2) is 0 Å². The van der Waals surface area contributed by atoms with Crippen LogP contribution in [0.3, 0.4) is 0 Å². The van der Waals surface area contributed by atoms with Gasteiger partial charge >= 0.3 is 0 Å². The molecule has 0 bridgehead atoms. The summed E-state index contributed by atoms with van der Waals surface area (Å²) in [5, 5.41) is 2.16. The van der Waals surface area contributed by atoms with E-state index >= 15 is 0 Å². The molecule has 0 aliphatic heterocycles. The van der Waals surface area contributed by atoms with E-state index in [0.29, 0.717) is 0 Å². The Morgan fingerprint density at radius 2 is 2.10 bits per heavy atom. The summed E-state index contributed by atoms with van der Waals surface area (Å²) in [6, 6.07) is 0. The van der Waals surface area contributed by atoms with Crippen molar-refractivity contribution < 1.29 is 3.96 Å². The molecule has 2 heteroatoms. The minimum atomic E-state index is 1.10. The summed E-state index contributed by atoms with van der Waals surface area (Å²) in [5.74, 6) is 0. The average molecular weight is 158 g/mol. The second-order valence-corrected chi connectivity index (χ2v) is 2.75. The summed E-state index contributed by atoms with van der Waals surface area (Å²) in [6.07, 6.45) is 2.16. The summed E-state index contributed by atoms with van der Waals surface area (Å²) in [6.45, 7) is 9.36. The highest BCUT2D eigenvalue weighted by molar-refractivity contribution is 6.99. The van der Waals surface area contributed by atoms with Crippen LogP contribution in [0.15, 0.2) is 11.6 Å². The quantitative estimate of drug-likeness (QED) is 0.553. The van der Waals surface area contributed by atoms with Gasteiger partial charge in [0.25, 0.3) is 0 Å². The minimum Gasteiger partial charge on any atom is -0.141 e. The van der Waals surface area contributed by atoms with Crippen molar-refractivity contribution in [3.63, 3.8) is 0 Å². The van der Waals surface area contributed by atoms with E-state index in [1.807, 2.05) is 13.8 Å². The summed E-state index contributed by atoms with van der Waals surface area (Å²) in [4.78, 5) is 0. The summed E-state index contributed by atoms with van der Waals surface area (Å²) < 4.78 is 2.20. The van der Waals surface area contributed by atoms with E-state index in [1.54, 1.807) is 11.5 Å². The third kappa shape index (κ3) is 2.97. The lowest BCUT2D eigenvalue weighted by atomic mass is 10.4. The molecule has 0 aliphatic rings. The molecule has 0 unspecified atom stereocenters. The second-order valence-electron chi connectivity index (χ2n) is 1.83. The first-order valence-corrected chi connectivity index (χ1v) is 4.61. The minimum absolute atomic E-state index is 1.10. The summed E-state index contributed by atoms with van der Waals surface area (Å²) in [7, 11) is 0. The molecule has 1 nitrogen and oxygen atoms in total. The Labute approximate surface area is 67.5 Å². The molecule has 1 heterocycles. The molecule has 0 aromatic carbocycles. The molecule has 0 amide bonds. The van der Waals surface area contributed by atoms with Crippen molar-refractivity contribution in [1.82, 2.24) is 0 Å². The van der Waals surface area contributed by atoms with Crippen LogP contribution in [-0.2, 0) is 6.54 Å². The van der Waals surface area contributed by atoms with Crippen molar-refractivity contribution in [2.45, 2.75) is 34.2 Å². The van der Waals surface area contributed by atoms with E-state index in [1.165, 1.54) is 5.56 Å². The van der Waals surface area contributed by atoms with Gasteiger partial charge in [-0.1, -0.05) is 13.8 Å². The van der Waals surface area contributed by atoms with E-state index < -0.39 is 0 Å². The molecule has 1 rings (SSSR count). The van der Waals surface area contributed by atoms with Gasteiger partial charge < -0.3 is 0 Å². The first-order chi connectivity index (χ1) is 4.83. The standard InChI is InChI=1S/C6H10NS.C2H6/c1-3-7-4-6(2)5-8-7;1-2/h4-5H,3H2,1-2H3;1-2H3/q+1;. The molecule has 1 aromatic heterocycles. The molecule has 0 aliphatic carbocycles. The van der Waals surface area contributed by atoms with Crippen molar-refractivity contribution in [2.24, 2.45) is 0 Å². The summed E-state index contributed by atoms with van der Waals surface area (Å²) in [5.41, 5.74) is 1.36. The van der Waals surface area contributed by atoms with E-state index in [9.17, 15) is 0 Å². The maximum Gasteiger partial charge on any atom is 0.186 e. The van der Waals surface area contributed by atoms with Gasteiger partial charge in [-0.3, -0.25) is 0 Å². The molecule has 0 atom stereocenters. The number of hydrogen-bond donors (Lipinski definition) is 0. The van der Waals surface area contributed by atoms with E-state index in [2.05, 4.69) is 29.4 Å². The zero-order valence-corrected chi connectivity index (χ0v) is 8.03. The van der Waals surface area contributed by atoms with Crippen molar-refractivity contribution >= 4 is 11.5 Å². The van der Waals surface area contributed by atoms with Gasteiger partial charge in [0.1, 0.15) is 11.5 Å². The highest BCUT2D eigenvalue weighted by atomic mass is 32.1. The number of hydrogen-bond acceptors (Lipinski definition) is 1. The van der Waals surface area contributed by atoms with Crippen LogP contribution in [0.5, 0.6) is 0 Å². The fourth-order valence-electron chi connectivity index (χ4n) is 0.605. The van der Waals surface area contributed by atoms with Crippen molar-refractivity contribution in [2.75, 3.05) is 0 Å². The Hall–Kier alpha value is -0.370. The van der Waals surface area contributed by atoms with Crippen LogP contribution in [0.2, 0.25) is 0 Å². The molecule has 10 heavy (non-hydrogen) atoms. The van der Waals surface area contributed by atoms with E-state index in [-0.39, 0.29) is 0 Å². The van der Waals surface area contributed by atoms with Crippen LogP contribution in [0.1, 0.15) is 26.3 Å². The van der Waals surface area contributed by atoms with Crippen LogP contribution < -0.4 is 3.96 Å². The van der Waals surface area contributed by atoms with Crippen LogP contribution in [0, 0.1) is 6.92 Å². The number of aromatic nitrogens is 1. The predicted molar refractivity (Wildman–Crippen MR) is 46.3 cm³/mol. The molecule has 58 valence electrons. The van der Waals surface area contributed by atoms with Gasteiger partial charge in [0, 0.05) is 5.56 Å².